The van der Waals surface area contributed by atoms with Crippen molar-refractivity contribution in [3.05, 3.63) is 42.5 Å². The first-order chi connectivity index (χ1) is 9.99. The van der Waals surface area contributed by atoms with Crippen LogP contribution in [0.2, 0.25) is 0 Å². The SMILES string of the molecule is CC(=O)Nc1cc(-c2cccnc2)cnc1C(=O)C(C)C. The lowest BCUT2D eigenvalue weighted by atomic mass is 10.0. The van der Waals surface area contributed by atoms with E-state index in [1.54, 1.807) is 38.5 Å². The molecular weight excluding hydrogens is 266 g/mol. The number of amides is 1. The molecular formula is C16H17N3O2. The van der Waals surface area contributed by atoms with Gasteiger partial charge < -0.3 is 5.32 Å². The number of Topliss-reactive ketones (excluding diaryl/α,β-unsaturated/α-hetero) is 1. The molecule has 21 heavy (non-hydrogen) atoms. The van der Waals surface area contributed by atoms with Crippen LogP contribution in [-0.4, -0.2) is 21.7 Å². The lowest BCUT2D eigenvalue weighted by Gasteiger charge is -2.12. The fourth-order valence-electron chi connectivity index (χ4n) is 1.91. The molecule has 108 valence electrons. The molecule has 0 spiro atoms. The standard InChI is InChI=1S/C16H17N3O2/c1-10(2)16(21)15-14(19-11(3)20)7-13(9-18-15)12-5-4-6-17-8-12/h4-10H,1-3H3,(H,19,20). The van der Waals surface area contributed by atoms with Gasteiger partial charge in [-0.25, -0.2) is 0 Å². The van der Waals surface area contributed by atoms with Crippen LogP contribution in [0, 0.1) is 5.92 Å². The average Bonchev–Trinajstić information content (AvgIpc) is 2.46. The van der Waals surface area contributed by atoms with Gasteiger partial charge >= 0.3 is 0 Å². The number of nitrogens with one attached hydrogen (secondary N) is 1. The first-order valence-electron chi connectivity index (χ1n) is 6.71. The average molecular weight is 283 g/mol. The van der Waals surface area contributed by atoms with Gasteiger partial charge in [0, 0.05) is 42.6 Å². The topological polar surface area (TPSA) is 72.0 Å². The molecule has 1 amide bonds. The Morgan fingerprint density at radius 3 is 2.52 bits per heavy atom. The molecule has 2 heterocycles. The van der Waals surface area contributed by atoms with Crippen molar-refractivity contribution in [1.29, 1.82) is 0 Å². The largest absolute Gasteiger partial charge is 0.324 e. The molecule has 0 bridgehead atoms. The van der Waals surface area contributed by atoms with Gasteiger partial charge in [-0.15, -0.1) is 0 Å². The van der Waals surface area contributed by atoms with Crippen LogP contribution in [-0.2, 0) is 4.79 Å². The molecule has 0 unspecified atom stereocenters. The second-order valence-electron chi connectivity index (χ2n) is 5.06. The van der Waals surface area contributed by atoms with Crippen LogP contribution in [0.1, 0.15) is 31.3 Å². The molecule has 0 atom stereocenters. The van der Waals surface area contributed by atoms with Crippen molar-refractivity contribution >= 4 is 17.4 Å². The molecule has 0 fully saturated rings. The van der Waals surface area contributed by atoms with Crippen LogP contribution in [0.5, 0.6) is 0 Å². The van der Waals surface area contributed by atoms with Crippen LogP contribution >= 0.6 is 0 Å². The quantitative estimate of drug-likeness (QED) is 0.876. The van der Waals surface area contributed by atoms with E-state index in [2.05, 4.69) is 15.3 Å². The number of hydrogen-bond acceptors (Lipinski definition) is 4. The van der Waals surface area contributed by atoms with Crippen molar-refractivity contribution in [2.45, 2.75) is 20.8 Å². The lowest BCUT2D eigenvalue weighted by molar-refractivity contribution is -0.114. The summed E-state index contributed by atoms with van der Waals surface area (Å²) in [6.07, 6.45) is 5.01. The van der Waals surface area contributed by atoms with Crippen molar-refractivity contribution < 1.29 is 9.59 Å². The molecule has 0 aromatic carbocycles. The fourth-order valence-corrected chi connectivity index (χ4v) is 1.91. The lowest BCUT2D eigenvalue weighted by Crippen LogP contribution is -2.16. The summed E-state index contributed by atoms with van der Waals surface area (Å²) >= 11 is 0. The molecule has 2 rings (SSSR count). The first kappa shape index (κ1) is 14.8. The zero-order valence-corrected chi connectivity index (χ0v) is 12.3. The van der Waals surface area contributed by atoms with E-state index in [0.717, 1.165) is 11.1 Å². The minimum Gasteiger partial charge on any atom is -0.324 e. The number of hydrogen-bond donors (Lipinski definition) is 1. The van der Waals surface area contributed by atoms with Gasteiger partial charge in [-0.05, 0) is 12.1 Å². The van der Waals surface area contributed by atoms with E-state index >= 15 is 0 Å². The van der Waals surface area contributed by atoms with E-state index in [9.17, 15) is 9.59 Å². The molecule has 0 aliphatic carbocycles. The first-order valence-corrected chi connectivity index (χ1v) is 6.71. The van der Waals surface area contributed by atoms with E-state index in [4.69, 9.17) is 0 Å². The maximum Gasteiger partial charge on any atom is 0.221 e. The van der Waals surface area contributed by atoms with E-state index in [-0.39, 0.29) is 23.3 Å². The third kappa shape index (κ3) is 3.51. The van der Waals surface area contributed by atoms with Gasteiger partial charge in [0.15, 0.2) is 5.78 Å². The van der Waals surface area contributed by atoms with Crippen molar-refractivity contribution in [1.82, 2.24) is 9.97 Å². The smallest absolute Gasteiger partial charge is 0.221 e. The second-order valence-corrected chi connectivity index (χ2v) is 5.06. The predicted octanol–water partition coefficient (Wildman–Crippen LogP) is 2.94. The Labute approximate surface area is 123 Å². The van der Waals surface area contributed by atoms with Gasteiger partial charge in [-0.1, -0.05) is 19.9 Å². The van der Waals surface area contributed by atoms with Crippen molar-refractivity contribution in [3.8, 4) is 11.1 Å². The number of nitrogens with zero attached hydrogens (tertiary/aromatic N) is 2. The summed E-state index contributed by atoms with van der Waals surface area (Å²) in [4.78, 5) is 31.8. The van der Waals surface area contributed by atoms with Crippen LogP contribution in [0.4, 0.5) is 5.69 Å². The summed E-state index contributed by atoms with van der Waals surface area (Å²) in [5.74, 6) is -0.524. The minimum atomic E-state index is -0.238. The molecule has 5 nitrogen and oxygen atoms in total. The maximum atomic E-state index is 12.2. The van der Waals surface area contributed by atoms with E-state index in [1.807, 2.05) is 12.1 Å². The number of carbonyl (C=O) groups excluding carboxylic acids is 2. The summed E-state index contributed by atoms with van der Waals surface area (Å²) in [7, 11) is 0. The summed E-state index contributed by atoms with van der Waals surface area (Å²) < 4.78 is 0. The van der Waals surface area contributed by atoms with E-state index in [1.165, 1.54) is 6.92 Å². The zero-order chi connectivity index (χ0) is 15.4. The van der Waals surface area contributed by atoms with Crippen molar-refractivity contribution in [2.75, 3.05) is 5.32 Å². The Morgan fingerprint density at radius 1 is 1.19 bits per heavy atom. The van der Waals surface area contributed by atoms with Gasteiger partial charge in [-0.2, -0.15) is 0 Å². The highest BCUT2D eigenvalue weighted by atomic mass is 16.1. The number of rotatable bonds is 4. The van der Waals surface area contributed by atoms with Crippen LogP contribution in [0.25, 0.3) is 11.1 Å². The molecule has 0 saturated heterocycles. The molecule has 2 aromatic heterocycles. The number of aromatic nitrogens is 2. The highest BCUT2D eigenvalue weighted by Crippen LogP contribution is 2.25. The zero-order valence-electron chi connectivity index (χ0n) is 12.3. The van der Waals surface area contributed by atoms with Crippen LogP contribution in [0.15, 0.2) is 36.8 Å². The molecule has 2 aromatic rings. The molecule has 1 N–H and O–H groups in total. The maximum absolute atomic E-state index is 12.2. The molecule has 5 heteroatoms. The Bertz CT molecular complexity index is 666. The monoisotopic (exact) mass is 283 g/mol. The molecule has 0 aliphatic heterocycles. The van der Waals surface area contributed by atoms with Gasteiger partial charge in [-0.3, -0.25) is 19.6 Å². The second kappa shape index (κ2) is 6.26. The predicted molar refractivity (Wildman–Crippen MR) is 80.9 cm³/mol. The fraction of sp³-hybridized carbons (Fsp3) is 0.250. The van der Waals surface area contributed by atoms with Gasteiger partial charge in [0.05, 0.1) is 5.69 Å². The molecule has 0 aliphatic rings. The summed E-state index contributed by atoms with van der Waals surface area (Å²) in [5.41, 5.74) is 2.39. The normalized spacial score (nSPS) is 10.5. The van der Waals surface area contributed by atoms with Crippen LogP contribution < -0.4 is 5.32 Å². The van der Waals surface area contributed by atoms with E-state index < -0.39 is 0 Å². The van der Waals surface area contributed by atoms with Gasteiger partial charge in [0.25, 0.3) is 0 Å². The summed E-state index contributed by atoms with van der Waals surface area (Å²) in [5, 5.41) is 2.68. The third-order valence-electron chi connectivity index (χ3n) is 2.95. The Balaban J connectivity index is 2.49. The minimum absolute atomic E-state index is 0.100. The highest BCUT2D eigenvalue weighted by Gasteiger charge is 2.18. The number of carbonyl (C=O) groups is 2. The Morgan fingerprint density at radius 2 is 1.95 bits per heavy atom. The Kier molecular flexibility index (Phi) is 4.42. The van der Waals surface area contributed by atoms with Crippen molar-refractivity contribution in [2.24, 2.45) is 5.92 Å². The molecule has 0 saturated carbocycles. The van der Waals surface area contributed by atoms with Gasteiger partial charge in [0.1, 0.15) is 5.69 Å². The molecule has 0 radical (unpaired) electrons. The number of ketones is 1. The van der Waals surface area contributed by atoms with Crippen molar-refractivity contribution in [3.63, 3.8) is 0 Å². The third-order valence-corrected chi connectivity index (χ3v) is 2.95. The van der Waals surface area contributed by atoms with E-state index in [0.29, 0.717) is 5.69 Å². The highest BCUT2D eigenvalue weighted by molar-refractivity contribution is 6.04. The number of pyridine rings is 2. The van der Waals surface area contributed by atoms with Crippen LogP contribution in [0.3, 0.4) is 0 Å². The summed E-state index contributed by atoms with van der Waals surface area (Å²) in [6, 6.07) is 5.47. The van der Waals surface area contributed by atoms with Gasteiger partial charge in [0.2, 0.25) is 5.91 Å². The number of anilines is 1. The summed E-state index contributed by atoms with van der Waals surface area (Å²) in [6.45, 7) is 5.01. The Hall–Kier alpha value is -2.56.